The predicted octanol–water partition coefficient (Wildman–Crippen LogP) is 3.27. The van der Waals surface area contributed by atoms with Crippen molar-refractivity contribution in [1.29, 1.82) is 0 Å². The third-order valence-corrected chi connectivity index (χ3v) is 3.29. The molecule has 0 bridgehead atoms. The van der Waals surface area contributed by atoms with Gasteiger partial charge in [0, 0.05) is 0 Å². The first-order valence-corrected chi connectivity index (χ1v) is 7.75. The van der Waals surface area contributed by atoms with Gasteiger partial charge in [-0.2, -0.15) is 0 Å². The van der Waals surface area contributed by atoms with Gasteiger partial charge in [-0.05, 0) is 56.2 Å². The average molecular weight is 313 g/mol. The molecule has 4 nitrogen and oxygen atoms in total. The minimum Gasteiger partial charge on any atom is -0.492 e. The van der Waals surface area contributed by atoms with E-state index in [1.165, 1.54) is 0 Å². The quantitative estimate of drug-likeness (QED) is 0.798. The Balaban J connectivity index is 1.72. The minimum absolute atomic E-state index is 0.155. The molecule has 0 spiro atoms. The van der Waals surface area contributed by atoms with Crippen LogP contribution in [0.4, 0.5) is 0 Å². The van der Waals surface area contributed by atoms with Gasteiger partial charge in [0.2, 0.25) is 0 Å². The molecule has 0 saturated heterocycles. The summed E-state index contributed by atoms with van der Waals surface area (Å²) in [4.78, 5) is 12.0. The molecule has 0 aliphatic carbocycles. The van der Waals surface area contributed by atoms with E-state index >= 15 is 0 Å². The van der Waals surface area contributed by atoms with Crippen LogP contribution < -0.4 is 14.8 Å². The van der Waals surface area contributed by atoms with Gasteiger partial charge in [-0.15, -0.1) is 0 Å². The first-order valence-electron chi connectivity index (χ1n) is 7.75. The van der Waals surface area contributed by atoms with Crippen LogP contribution in [0.15, 0.2) is 48.5 Å². The molecule has 1 amide bonds. The van der Waals surface area contributed by atoms with Gasteiger partial charge in [-0.25, -0.2) is 0 Å². The van der Waals surface area contributed by atoms with Crippen molar-refractivity contribution >= 4 is 5.91 Å². The molecule has 122 valence electrons. The smallest absolute Gasteiger partial charge is 0.260 e. The number of benzene rings is 2. The van der Waals surface area contributed by atoms with Crippen molar-refractivity contribution in [1.82, 2.24) is 5.32 Å². The maximum absolute atomic E-state index is 12.0. The lowest BCUT2D eigenvalue weighted by molar-refractivity contribution is -0.127. The Hall–Kier alpha value is -2.49. The fourth-order valence-corrected chi connectivity index (χ4v) is 2.26. The second-order valence-electron chi connectivity index (χ2n) is 5.54. The monoisotopic (exact) mass is 313 g/mol. The normalized spacial score (nSPS) is 11.6. The predicted molar refractivity (Wildman–Crippen MR) is 91.0 cm³/mol. The maximum atomic E-state index is 12.0. The number of aryl methyl sites for hydroxylation is 2. The summed E-state index contributed by atoms with van der Waals surface area (Å²) >= 11 is 0. The highest BCUT2D eigenvalue weighted by Gasteiger charge is 2.13. The Labute approximate surface area is 137 Å². The van der Waals surface area contributed by atoms with Crippen molar-refractivity contribution in [3.05, 3.63) is 59.7 Å². The Kier molecular flexibility index (Phi) is 6.03. The summed E-state index contributed by atoms with van der Waals surface area (Å²) in [5.74, 6) is 1.35. The number of carbonyl (C=O) groups excluding carboxylic acids is 1. The molecule has 0 saturated carbocycles. The zero-order valence-corrected chi connectivity index (χ0v) is 13.8. The van der Waals surface area contributed by atoms with Gasteiger partial charge in [-0.1, -0.05) is 24.3 Å². The molecule has 0 heterocycles. The Morgan fingerprint density at radius 3 is 2.35 bits per heavy atom. The second kappa shape index (κ2) is 8.22. The molecule has 2 aromatic carbocycles. The molecule has 4 heteroatoms. The maximum Gasteiger partial charge on any atom is 0.260 e. The van der Waals surface area contributed by atoms with E-state index < -0.39 is 6.10 Å². The van der Waals surface area contributed by atoms with Crippen LogP contribution in [0, 0.1) is 13.8 Å². The zero-order chi connectivity index (χ0) is 16.7. The second-order valence-corrected chi connectivity index (χ2v) is 5.54. The Morgan fingerprint density at radius 2 is 1.70 bits per heavy atom. The van der Waals surface area contributed by atoms with Crippen LogP contribution >= 0.6 is 0 Å². The molecule has 1 atom stereocenters. The SMILES string of the molecule is Cc1cc(C)cc(OCCNC(=O)[C@@H](C)Oc2ccccc2)c1. The number of hydrogen-bond donors (Lipinski definition) is 1. The average Bonchev–Trinajstić information content (AvgIpc) is 2.51. The van der Waals surface area contributed by atoms with E-state index in [-0.39, 0.29) is 5.91 Å². The summed E-state index contributed by atoms with van der Waals surface area (Å²) in [5, 5.41) is 2.81. The molecule has 2 aromatic rings. The van der Waals surface area contributed by atoms with E-state index in [0.717, 1.165) is 16.9 Å². The van der Waals surface area contributed by atoms with E-state index in [1.807, 2.05) is 56.3 Å². The molecule has 0 unspecified atom stereocenters. The van der Waals surface area contributed by atoms with Crippen LogP contribution in [-0.4, -0.2) is 25.2 Å². The van der Waals surface area contributed by atoms with E-state index in [1.54, 1.807) is 6.92 Å². The minimum atomic E-state index is -0.543. The fourth-order valence-electron chi connectivity index (χ4n) is 2.26. The number of nitrogens with one attached hydrogen (secondary N) is 1. The van der Waals surface area contributed by atoms with E-state index in [9.17, 15) is 4.79 Å². The summed E-state index contributed by atoms with van der Waals surface area (Å²) < 4.78 is 11.2. The van der Waals surface area contributed by atoms with Gasteiger partial charge in [0.25, 0.3) is 5.91 Å². The highest BCUT2D eigenvalue weighted by Crippen LogP contribution is 2.15. The van der Waals surface area contributed by atoms with Crippen LogP contribution in [0.5, 0.6) is 11.5 Å². The summed E-state index contributed by atoms with van der Waals surface area (Å²) in [5.41, 5.74) is 2.32. The number of para-hydroxylation sites is 1. The first kappa shape index (κ1) is 16.9. The van der Waals surface area contributed by atoms with E-state index in [2.05, 4.69) is 11.4 Å². The number of amides is 1. The van der Waals surface area contributed by atoms with Crippen molar-refractivity contribution in [3.63, 3.8) is 0 Å². The summed E-state index contributed by atoms with van der Waals surface area (Å²) in [7, 11) is 0. The standard InChI is InChI=1S/C19H23NO3/c1-14-11-15(2)13-18(12-14)22-10-9-20-19(21)16(3)23-17-7-5-4-6-8-17/h4-8,11-13,16H,9-10H2,1-3H3,(H,20,21)/t16-/m1/s1. The summed E-state index contributed by atoms with van der Waals surface area (Å²) in [6, 6.07) is 15.4. The van der Waals surface area contributed by atoms with Crippen molar-refractivity contribution in [2.75, 3.05) is 13.2 Å². The van der Waals surface area contributed by atoms with Crippen LogP contribution in [-0.2, 0) is 4.79 Å². The Morgan fingerprint density at radius 1 is 1.04 bits per heavy atom. The topological polar surface area (TPSA) is 47.6 Å². The van der Waals surface area contributed by atoms with Gasteiger partial charge in [0.05, 0.1) is 6.54 Å². The van der Waals surface area contributed by atoms with E-state index in [0.29, 0.717) is 18.9 Å². The lowest BCUT2D eigenvalue weighted by Crippen LogP contribution is -2.38. The van der Waals surface area contributed by atoms with Crippen molar-refractivity contribution in [2.45, 2.75) is 26.9 Å². The number of ether oxygens (including phenoxy) is 2. The molecule has 0 aromatic heterocycles. The highest BCUT2D eigenvalue weighted by molar-refractivity contribution is 5.80. The molecule has 0 aliphatic rings. The third-order valence-electron chi connectivity index (χ3n) is 3.29. The van der Waals surface area contributed by atoms with Gasteiger partial charge >= 0.3 is 0 Å². The molecule has 0 fully saturated rings. The lowest BCUT2D eigenvalue weighted by Gasteiger charge is -2.15. The molecule has 1 N–H and O–H groups in total. The van der Waals surface area contributed by atoms with Crippen LogP contribution in [0.3, 0.4) is 0 Å². The molecular formula is C19H23NO3. The van der Waals surface area contributed by atoms with Gasteiger partial charge in [-0.3, -0.25) is 4.79 Å². The van der Waals surface area contributed by atoms with Gasteiger partial charge < -0.3 is 14.8 Å². The highest BCUT2D eigenvalue weighted by atomic mass is 16.5. The van der Waals surface area contributed by atoms with Crippen LogP contribution in [0.2, 0.25) is 0 Å². The summed E-state index contributed by atoms with van der Waals surface area (Å²) in [6.45, 7) is 6.66. The Bertz CT molecular complexity index is 620. The van der Waals surface area contributed by atoms with Crippen LogP contribution in [0.25, 0.3) is 0 Å². The third kappa shape index (κ3) is 5.66. The van der Waals surface area contributed by atoms with Crippen molar-refractivity contribution in [2.24, 2.45) is 0 Å². The number of rotatable bonds is 7. The molecule has 0 aliphatic heterocycles. The molecule has 0 radical (unpaired) electrons. The van der Waals surface area contributed by atoms with Gasteiger partial charge in [0.1, 0.15) is 18.1 Å². The van der Waals surface area contributed by atoms with Crippen molar-refractivity contribution in [3.8, 4) is 11.5 Å². The lowest BCUT2D eigenvalue weighted by atomic mass is 10.1. The zero-order valence-electron chi connectivity index (χ0n) is 13.8. The fraction of sp³-hybridized carbons (Fsp3) is 0.316. The van der Waals surface area contributed by atoms with Crippen molar-refractivity contribution < 1.29 is 14.3 Å². The van der Waals surface area contributed by atoms with E-state index in [4.69, 9.17) is 9.47 Å². The first-order chi connectivity index (χ1) is 11.0. The molecular weight excluding hydrogens is 290 g/mol. The number of carbonyl (C=O) groups is 1. The molecule has 2 rings (SSSR count). The largest absolute Gasteiger partial charge is 0.492 e. The van der Waals surface area contributed by atoms with Crippen LogP contribution in [0.1, 0.15) is 18.1 Å². The van der Waals surface area contributed by atoms with Gasteiger partial charge in [0.15, 0.2) is 6.10 Å². The molecule has 23 heavy (non-hydrogen) atoms. The summed E-state index contributed by atoms with van der Waals surface area (Å²) in [6.07, 6.45) is -0.543. The number of hydrogen-bond acceptors (Lipinski definition) is 3.